The molecule has 0 aromatic carbocycles. The summed E-state index contributed by atoms with van der Waals surface area (Å²) in [5.74, 6) is 0.412. The number of pyridine rings is 1. The topological polar surface area (TPSA) is 64.9 Å². The first-order valence-corrected chi connectivity index (χ1v) is 2.68. The van der Waals surface area contributed by atoms with Gasteiger partial charge in [0.25, 0.3) is 0 Å². The quantitative estimate of drug-likeness (QED) is 0.593. The predicted molar refractivity (Wildman–Crippen MR) is 45.0 cm³/mol. The summed E-state index contributed by atoms with van der Waals surface area (Å²) in [4.78, 5) is 3.79. The van der Waals surface area contributed by atoms with Crippen LogP contribution in [0.25, 0.3) is 0 Å². The van der Waals surface area contributed by atoms with E-state index >= 15 is 0 Å². The zero-order chi connectivity index (χ0) is 6.85. The van der Waals surface area contributed by atoms with Crippen molar-refractivity contribution >= 4 is 23.9 Å². The van der Waals surface area contributed by atoms with Gasteiger partial charge in [0.05, 0.1) is 5.69 Å². The Morgan fingerprint density at radius 1 is 1.40 bits per heavy atom. The second kappa shape index (κ2) is 3.27. The highest BCUT2D eigenvalue weighted by Gasteiger charge is 1.95. The van der Waals surface area contributed by atoms with Gasteiger partial charge in [0.1, 0.15) is 5.82 Å². The maximum Gasteiger partial charge on any atom is 0.146 e. The van der Waals surface area contributed by atoms with Crippen LogP contribution in [0, 0.1) is 6.92 Å². The van der Waals surface area contributed by atoms with Crippen LogP contribution in [0.4, 0.5) is 11.5 Å². The van der Waals surface area contributed by atoms with Crippen molar-refractivity contribution < 1.29 is 0 Å². The van der Waals surface area contributed by atoms with Crippen LogP contribution in [0.1, 0.15) is 5.56 Å². The molecule has 4 N–H and O–H groups in total. The van der Waals surface area contributed by atoms with E-state index in [1.165, 1.54) is 0 Å². The molecule has 1 aromatic rings. The molecular weight excluding hydrogens is 150 g/mol. The Morgan fingerprint density at radius 3 is 2.40 bits per heavy atom. The summed E-state index contributed by atoms with van der Waals surface area (Å²) in [6, 6.07) is 1.83. The van der Waals surface area contributed by atoms with E-state index in [1.807, 2.05) is 13.0 Å². The zero-order valence-corrected chi connectivity index (χ0v) is 6.48. The monoisotopic (exact) mass is 159 g/mol. The molecule has 0 saturated carbocycles. The van der Waals surface area contributed by atoms with Crippen molar-refractivity contribution in [2.45, 2.75) is 6.92 Å². The summed E-state index contributed by atoms with van der Waals surface area (Å²) >= 11 is 0. The van der Waals surface area contributed by atoms with Gasteiger partial charge in [-0.15, -0.1) is 12.4 Å². The summed E-state index contributed by atoms with van der Waals surface area (Å²) in [5.41, 5.74) is 12.4. The zero-order valence-electron chi connectivity index (χ0n) is 5.66. The van der Waals surface area contributed by atoms with Gasteiger partial charge in [-0.05, 0) is 18.6 Å². The molecule has 0 aliphatic heterocycles. The highest BCUT2D eigenvalue weighted by atomic mass is 35.5. The molecule has 10 heavy (non-hydrogen) atoms. The van der Waals surface area contributed by atoms with Gasteiger partial charge in [-0.25, -0.2) is 4.98 Å². The van der Waals surface area contributed by atoms with Crippen molar-refractivity contribution in [3.63, 3.8) is 0 Å². The van der Waals surface area contributed by atoms with E-state index in [0.29, 0.717) is 11.5 Å². The lowest BCUT2D eigenvalue weighted by molar-refractivity contribution is 1.30. The number of hydrogen-bond donors (Lipinski definition) is 2. The molecule has 0 radical (unpaired) electrons. The lowest BCUT2D eigenvalue weighted by Crippen LogP contribution is -1.98. The van der Waals surface area contributed by atoms with Gasteiger partial charge in [0, 0.05) is 6.20 Å². The van der Waals surface area contributed by atoms with Gasteiger partial charge in [0.15, 0.2) is 0 Å². The maximum absolute atomic E-state index is 5.49. The normalized spacial score (nSPS) is 8.50. The van der Waals surface area contributed by atoms with E-state index in [1.54, 1.807) is 6.20 Å². The van der Waals surface area contributed by atoms with Crippen molar-refractivity contribution in [1.29, 1.82) is 0 Å². The molecule has 4 heteroatoms. The van der Waals surface area contributed by atoms with Crippen LogP contribution in [0.15, 0.2) is 12.3 Å². The Bertz CT molecular complexity index is 204. The van der Waals surface area contributed by atoms with Crippen LogP contribution < -0.4 is 11.5 Å². The minimum absolute atomic E-state index is 0. The minimum atomic E-state index is 0. The van der Waals surface area contributed by atoms with Gasteiger partial charge in [0.2, 0.25) is 0 Å². The van der Waals surface area contributed by atoms with E-state index in [2.05, 4.69) is 4.98 Å². The molecule has 0 atom stereocenters. The van der Waals surface area contributed by atoms with Gasteiger partial charge in [-0.1, -0.05) is 0 Å². The Kier molecular flexibility index (Phi) is 2.96. The van der Waals surface area contributed by atoms with Crippen molar-refractivity contribution in [2.75, 3.05) is 11.5 Å². The number of halogens is 1. The first kappa shape index (κ1) is 9.04. The van der Waals surface area contributed by atoms with Crippen LogP contribution in [-0.2, 0) is 0 Å². The van der Waals surface area contributed by atoms with Crippen LogP contribution in [0.3, 0.4) is 0 Å². The third-order valence-electron chi connectivity index (χ3n) is 1.24. The number of aryl methyl sites for hydroxylation is 1. The van der Waals surface area contributed by atoms with Crippen LogP contribution >= 0.6 is 12.4 Å². The highest BCUT2D eigenvalue weighted by Crippen LogP contribution is 2.13. The molecule has 1 heterocycles. The minimum Gasteiger partial charge on any atom is -0.396 e. The molecule has 0 aliphatic carbocycles. The summed E-state index contributed by atoms with van der Waals surface area (Å²) in [7, 11) is 0. The number of hydrogen-bond acceptors (Lipinski definition) is 3. The van der Waals surface area contributed by atoms with Crippen LogP contribution in [0.5, 0.6) is 0 Å². The Morgan fingerprint density at radius 2 is 2.00 bits per heavy atom. The van der Waals surface area contributed by atoms with Crippen molar-refractivity contribution in [1.82, 2.24) is 4.98 Å². The molecule has 0 amide bonds. The number of rotatable bonds is 0. The first-order valence-electron chi connectivity index (χ1n) is 2.68. The van der Waals surface area contributed by atoms with Gasteiger partial charge >= 0.3 is 0 Å². The third kappa shape index (κ3) is 1.51. The average molecular weight is 160 g/mol. The average Bonchev–Trinajstić information content (AvgIpc) is 1.83. The number of anilines is 2. The molecule has 0 saturated heterocycles. The highest BCUT2D eigenvalue weighted by molar-refractivity contribution is 5.85. The smallest absolute Gasteiger partial charge is 0.146 e. The van der Waals surface area contributed by atoms with Crippen molar-refractivity contribution in [2.24, 2.45) is 0 Å². The van der Waals surface area contributed by atoms with Crippen LogP contribution in [-0.4, -0.2) is 4.98 Å². The number of nitrogens with zero attached hydrogens (tertiary/aromatic N) is 1. The second-order valence-electron chi connectivity index (χ2n) is 1.93. The van der Waals surface area contributed by atoms with E-state index in [-0.39, 0.29) is 12.4 Å². The molecule has 0 unspecified atom stereocenters. The summed E-state index contributed by atoms with van der Waals surface area (Å²) in [5, 5.41) is 0. The van der Waals surface area contributed by atoms with E-state index in [9.17, 15) is 0 Å². The van der Waals surface area contributed by atoms with E-state index in [0.717, 1.165) is 5.56 Å². The maximum atomic E-state index is 5.49. The van der Waals surface area contributed by atoms with Crippen molar-refractivity contribution in [3.8, 4) is 0 Å². The number of nitrogens with two attached hydrogens (primary N) is 2. The Labute approximate surface area is 65.8 Å². The number of aromatic nitrogens is 1. The molecule has 3 nitrogen and oxygen atoms in total. The van der Waals surface area contributed by atoms with Gasteiger partial charge in [-0.2, -0.15) is 0 Å². The first-order chi connectivity index (χ1) is 4.22. The molecule has 1 aromatic heterocycles. The van der Waals surface area contributed by atoms with Crippen LogP contribution in [0.2, 0.25) is 0 Å². The lowest BCUT2D eigenvalue weighted by Gasteiger charge is -1.99. The standard InChI is InChI=1S/C6H9N3.ClH/c1-4-2-3-9-6(8)5(4)7;/h2-3H,7H2,1H3,(H2,8,9);1H. The van der Waals surface area contributed by atoms with Gasteiger partial charge < -0.3 is 11.5 Å². The fraction of sp³-hybridized carbons (Fsp3) is 0.167. The Hall–Kier alpha value is -0.960. The molecule has 0 fully saturated rings. The summed E-state index contributed by atoms with van der Waals surface area (Å²) in [6.07, 6.45) is 1.64. The molecule has 1 rings (SSSR count). The SMILES string of the molecule is Cc1ccnc(N)c1N.Cl. The molecule has 56 valence electrons. The molecule has 0 spiro atoms. The largest absolute Gasteiger partial charge is 0.396 e. The predicted octanol–water partition coefficient (Wildman–Crippen LogP) is 0.976. The Balaban J connectivity index is 0.000000810. The van der Waals surface area contributed by atoms with Crippen molar-refractivity contribution in [3.05, 3.63) is 17.8 Å². The second-order valence-corrected chi connectivity index (χ2v) is 1.93. The molecular formula is C6H10ClN3. The summed E-state index contributed by atoms with van der Waals surface area (Å²) in [6.45, 7) is 1.90. The van der Waals surface area contributed by atoms with E-state index in [4.69, 9.17) is 11.5 Å². The summed E-state index contributed by atoms with van der Waals surface area (Å²) < 4.78 is 0. The molecule has 0 aliphatic rings. The molecule has 0 bridgehead atoms. The lowest BCUT2D eigenvalue weighted by atomic mass is 10.2. The number of nitrogen functional groups attached to an aromatic ring is 2. The van der Waals surface area contributed by atoms with Gasteiger partial charge in [-0.3, -0.25) is 0 Å². The van der Waals surface area contributed by atoms with E-state index < -0.39 is 0 Å². The fourth-order valence-electron chi connectivity index (χ4n) is 0.591. The third-order valence-corrected chi connectivity index (χ3v) is 1.24. The fourth-order valence-corrected chi connectivity index (χ4v) is 0.591.